The van der Waals surface area contributed by atoms with Crippen LogP contribution in [0.4, 0.5) is 5.69 Å². The zero-order chi connectivity index (χ0) is 9.52. The number of hydrogen-bond donors (Lipinski definition) is 0. The van der Waals surface area contributed by atoms with Gasteiger partial charge in [-0.05, 0) is 19.1 Å². The zero-order valence-electron chi connectivity index (χ0n) is 8.23. The van der Waals surface area contributed by atoms with Gasteiger partial charge in [-0.2, -0.15) is 0 Å². The van der Waals surface area contributed by atoms with Crippen LogP contribution in [0.3, 0.4) is 0 Å². The van der Waals surface area contributed by atoms with Crippen molar-refractivity contribution in [2.45, 2.75) is 6.92 Å². The Bertz CT molecular complexity index is 226. The van der Waals surface area contributed by atoms with E-state index in [4.69, 9.17) is 4.74 Å². The quantitative estimate of drug-likeness (QED) is 0.687. The Hall–Kier alpha value is -1.09. The number of hydrogen-bond acceptors (Lipinski definition) is 3. The average molecular weight is 180 g/mol. The molecule has 0 radical (unpaired) electrons. The summed E-state index contributed by atoms with van der Waals surface area (Å²) in [7, 11) is 1.72. The topological polar surface area (TPSA) is 25.4 Å². The van der Waals surface area contributed by atoms with Gasteiger partial charge >= 0.3 is 0 Å². The number of anilines is 1. The average Bonchev–Trinajstić information content (AvgIpc) is 2.21. The van der Waals surface area contributed by atoms with Crippen molar-refractivity contribution in [2.24, 2.45) is 0 Å². The first-order valence-corrected chi connectivity index (χ1v) is 4.52. The van der Waals surface area contributed by atoms with E-state index in [2.05, 4.69) is 22.9 Å². The lowest BCUT2D eigenvalue weighted by molar-refractivity contribution is 0.205. The van der Waals surface area contributed by atoms with Crippen LogP contribution >= 0.6 is 0 Å². The highest BCUT2D eigenvalue weighted by Gasteiger charge is 2.01. The minimum atomic E-state index is 0.753. The molecule has 0 amide bonds. The van der Waals surface area contributed by atoms with Gasteiger partial charge in [0.15, 0.2) is 0 Å². The third-order valence-electron chi connectivity index (χ3n) is 1.96. The summed E-state index contributed by atoms with van der Waals surface area (Å²) in [6.07, 6.45) is 3.66. The normalized spacial score (nSPS) is 10.0. The molecule has 0 fully saturated rings. The minimum absolute atomic E-state index is 0.753. The van der Waals surface area contributed by atoms with Gasteiger partial charge in [0.2, 0.25) is 0 Å². The molecule has 0 aromatic carbocycles. The molecule has 0 aliphatic carbocycles. The SMILES string of the molecule is CCN(CCOC)c1cccnc1. The second-order valence-electron chi connectivity index (χ2n) is 2.78. The Labute approximate surface area is 79.3 Å². The molecule has 13 heavy (non-hydrogen) atoms. The largest absolute Gasteiger partial charge is 0.383 e. The Balaban J connectivity index is 2.56. The van der Waals surface area contributed by atoms with Crippen LogP contribution in [0.25, 0.3) is 0 Å². The van der Waals surface area contributed by atoms with Crippen molar-refractivity contribution in [3.8, 4) is 0 Å². The van der Waals surface area contributed by atoms with Crippen molar-refractivity contribution in [3.63, 3.8) is 0 Å². The standard InChI is InChI=1S/C10H16N2O/c1-3-12(7-8-13-2)10-5-4-6-11-9-10/h4-6,9H,3,7-8H2,1-2H3. The predicted octanol–water partition coefficient (Wildman–Crippen LogP) is 1.55. The molecule has 3 nitrogen and oxygen atoms in total. The van der Waals surface area contributed by atoms with Crippen molar-refractivity contribution < 1.29 is 4.74 Å². The van der Waals surface area contributed by atoms with E-state index in [9.17, 15) is 0 Å². The lowest BCUT2D eigenvalue weighted by Crippen LogP contribution is -2.26. The highest BCUT2D eigenvalue weighted by Crippen LogP contribution is 2.10. The second-order valence-corrected chi connectivity index (χ2v) is 2.78. The molecule has 0 saturated carbocycles. The third-order valence-corrected chi connectivity index (χ3v) is 1.96. The molecule has 1 heterocycles. The molecular weight excluding hydrogens is 164 g/mol. The molecule has 3 heteroatoms. The molecule has 72 valence electrons. The van der Waals surface area contributed by atoms with E-state index in [1.54, 1.807) is 13.3 Å². The van der Waals surface area contributed by atoms with Crippen LogP contribution in [-0.4, -0.2) is 31.8 Å². The second kappa shape index (κ2) is 5.54. The maximum Gasteiger partial charge on any atom is 0.0637 e. The van der Waals surface area contributed by atoms with Gasteiger partial charge in [0.05, 0.1) is 18.5 Å². The van der Waals surface area contributed by atoms with Crippen LogP contribution in [0.5, 0.6) is 0 Å². The van der Waals surface area contributed by atoms with Crippen molar-refractivity contribution in [1.29, 1.82) is 0 Å². The Kier molecular flexibility index (Phi) is 4.26. The minimum Gasteiger partial charge on any atom is -0.383 e. The van der Waals surface area contributed by atoms with Gasteiger partial charge in [-0.15, -0.1) is 0 Å². The van der Waals surface area contributed by atoms with Gasteiger partial charge in [-0.1, -0.05) is 0 Å². The first kappa shape index (κ1) is 9.99. The smallest absolute Gasteiger partial charge is 0.0637 e. The van der Waals surface area contributed by atoms with Crippen LogP contribution in [0.1, 0.15) is 6.92 Å². The predicted molar refractivity (Wildman–Crippen MR) is 54.0 cm³/mol. The number of methoxy groups -OCH3 is 1. The van der Waals surface area contributed by atoms with E-state index in [1.807, 2.05) is 12.3 Å². The molecule has 0 N–H and O–H groups in total. The maximum absolute atomic E-state index is 5.03. The van der Waals surface area contributed by atoms with E-state index >= 15 is 0 Å². The Morgan fingerprint density at radius 3 is 2.92 bits per heavy atom. The summed E-state index contributed by atoms with van der Waals surface area (Å²) in [6.45, 7) is 4.78. The van der Waals surface area contributed by atoms with E-state index in [1.165, 1.54) is 0 Å². The van der Waals surface area contributed by atoms with Crippen LogP contribution in [-0.2, 0) is 4.74 Å². The Morgan fingerprint density at radius 1 is 1.54 bits per heavy atom. The van der Waals surface area contributed by atoms with Gasteiger partial charge in [-0.3, -0.25) is 4.98 Å². The van der Waals surface area contributed by atoms with Gasteiger partial charge in [0, 0.05) is 26.4 Å². The number of likely N-dealkylation sites (N-methyl/N-ethyl adjacent to an activating group) is 1. The van der Waals surface area contributed by atoms with Crippen LogP contribution in [0.15, 0.2) is 24.5 Å². The molecule has 0 unspecified atom stereocenters. The van der Waals surface area contributed by atoms with Gasteiger partial charge in [0.25, 0.3) is 0 Å². The summed E-state index contributed by atoms with van der Waals surface area (Å²) in [5.41, 5.74) is 1.15. The summed E-state index contributed by atoms with van der Waals surface area (Å²) in [5, 5.41) is 0. The lowest BCUT2D eigenvalue weighted by Gasteiger charge is -2.21. The number of aromatic nitrogens is 1. The van der Waals surface area contributed by atoms with Gasteiger partial charge in [-0.25, -0.2) is 0 Å². The number of pyridine rings is 1. The molecule has 1 aromatic heterocycles. The third kappa shape index (κ3) is 3.03. The maximum atomic E-state index is 5.03. The van der Waals surface area contributed by atoms with E-state index in [0.717, 1.165) is 25.4 Å². The van der Waals surface area contributed by atoms with Gasteiger partial charge < -0.3 is 9.64 Å². The monoisotopic (exact) mass is 180 g/mol. The first-order chi connectivity index (χ1) is 6.38. The Morgan fingerprint density at radius 2 is 2.38 bits per heavy atom. The molecule has 0 spiro atoms. The molecule has 0 saturated heterocycles. The van der Waals surface area contributed by atoms with Crippen molar-refractivity contribution in [3.05, 3.63) is 24.5 Å². The fraction of sp³-hybridized carbons (Fsp3) is 0.500. The van der Waals surface area contributed by atoms with E-state index in [-0.39, 0.29) is 0 Å². The summed E-state index contributed by atoms with van der Waals surface area (Å²) in [6, 6.07) is 4.01. The summed E-state index contributed by atoms with van der Waals surface area (Å²) >= 11 is 0. The fourth-order valence-electron chi connectivity index (χ4n) is 1.21. The highest BCUT2D eigenvalue weighted by atomic mass is 16.5. The molecule has 0 atom stereocenters. The first-order valence-electron chi connectivity index (χ1n) is 4.52. The summed E-state index contributed by atoms with van der Waals surface area (Å²) < 4.78 is 5.03. The number of nitrogens with zero attached hydrogens (tertiary/aromatic N) is 2. The van der Waals surface area contributed by atoms with Crippen molar-refractivity contribution in [1.82, 2.24) is 4.98 Å². The highest BCUT2D eigenvalue weighted by molar-refractivity contribution is 5.43. The van der Waals surface area contributed by atoms with E-state index < -0.39 is 0 Å². The molecule has 0 aliphatic heterocycles. The molecule has 1 aromatic rings. The van der Waals surface area contributed by atoms with Crippen LogP contribution in [0.2, 0.25) is 0 Å². The van der Waals surface area contributed by atoms with Crippen LogP contribution < -0.4 is 4.90 Å². The van der Waals surface area contributed by atoms with Crippen molar-refractivity contribution in [2.75, 3.05) is 31.7 Å². The summed E-state index contributed by atoms with van der Waals surface area (Å²) in [5.74, 6) is 0. The zero-order valence-corrected chi connectivity index (χ0v) is 8.23. The molecule has 1 rings (SSSR count). The lowest BCUT2D eigenvalue weighted by atomic mass is 10.3. The van der Waals surface area contributed by atoms with E-state index in [0.29, 0.717) is 0 Å². The molecular formula is C10H16N2O. The summed E-state index contributed by atoms with van der Waals surface area (Å²) in [4.78, 5) is 6.31. The molecule has 0 bridgehead atoms. The number of rotatable bonds is 5. The van der Waals surface area contributed by atoms with Crippen molar-refractivity contribution >= 4 is 5.69 Å². The number of ether oxygens (including phenoxy) is 1. The van der Waals surface area contributed by atoms with Crippen LogP contribution in [0, 0.1) is 0 Å². The molecule has 0 aliphatic rings. The fourth-order valence-corrected chi connectivity index (χ4v) is 1.21. The van der Waals surface area contributed by atoms with Gasteiger partial charge in [0.1, 0.15) is 0 Å².